The van der Waals surface area contributed by atoms with Crippen molar-refractivity contribution in [1.82, 2.24) is 4.90 Å². The van der Waals surface area contributed by atoms with E-state index in [1.165, 1.54) is 45.2 Å². The molecule has 0 amide bonds. The smallest absolute Gasteiger partial charge is 0.00190 e. The van der Waals surface area contributed by atoms with Crippen LogP contribution in [0.1, 0.15) is 32.1 Å². The van der Waals surface area contributed by atoms with Gasteiger partial charge in [0.05, 0.1) is 0 Å². The third-order valence-corrected chi connectivity index (χ3v) is 4.40. The van der Waals surface area contributed by atoms with Crippen LogP contribution < -0.4 is 5.73 Å². The highest BCUT2D eigenvalue weighted by molar-refractivity contribution is 4.85. The van der Waals surface area contributed by atoms with Gasteiger partial charge < -0.3 is 10.6 Å². The molecule has 0 aromatic heterocycles. The van der Waals surface area contributed by atoms with Crippen LogP contribution in [0.5, 0.6) is 0 Å². The zero-order valence-electron chi connectivity index (χ0n) is 9.41. The molecule has 1 atom stereocenters. The van der Waals surface area contributed by atoms with Crippen LogP contribution in [0, 0.1) is 17.8 Å². The second-order valence-electron chi connectivity index (χ2n) is 5.23. The van der Waals surface area contributed by atoms with Gasteiger partial charge >= 0.3 is 0 Å². The summed E-state index contributed by atoms with van der Waals surface area (Å²) in [6.07, 6.45) is 7.12. The molecule has 1 heterocycles. The summed E-state index contributed by atoms with van der Waals surface area (Å²) in [6.45, 7) is 3.50. The summed E-state index contributed by atoms with van der Waals surface area (Å²) >= 11 is 0. The van der Waals surface area contributed by atoms with Crippen LogP contribution in [0.2, 0.25) is 0 Å². The fraction of sp³-hybridized carbons (Fsp3) is 1.00. The molecule has 2 heteroatoms. The molecule has 2 aliphatic rings. The van der Waals surface area contributed by atoms with Crippen LogP contribution in [0.25, 0.3) is 0 Å². The average molecular weight is 196 g/mol. The molecule has 0 spiro atoms. The Kier molecular flexibility index (Phi) is 3.45. The molecule has 82 valence electrons. The van der Waals surface area contributed by atoms with E-state index in [4.69, 9.17) is 5.73 Å². The van der Waals surface area contributed by atoms with E-state index in [0.717, 1.165) is 24.3 Å². The van der Waals surface area contributed by atoms with Crippen LogP contribution in [-0.2, 0) is 0 Å². The summed E-state index contributed by atoms with van der Waals surface area (Å²) in [5.41, 5.74) is 5.94. The van der Waals surface area contributed by atoms with E-state index in [0.29, 0.717) is 0 Å². The van der Waals surface area contributed by atoms with E-state index in [1.54, 1.807) is 0 Å². The highest BCUT2D eigenvalue weighted by atomic mass is 15.1. The van der Waals surface area contributed by atoms with Gasteiger partial charge in [0.15, 0.2) is 0 Å². The number of hydrogen-bond donors (Lipinski definition) is 1. The van der Waals surface area contributed by atoms with Gasteiger partial charge in [0.25, 0.3) is 0 Å². The number of likely N-dealkylation sites (tertiary alicyclic amines) is 1. The molecule has 2 fully saturated rings. The van der Waals surface area contributed by atoms with Crippen molar-refractivity contribution < 1.29 is 0 Å². The summed E-state index contributed by atoms with van der Waals surface area (Å²) in [4.78, 5) is 2.45. The molecular weight excluding hydrogens is 172 g/mol. The molecule has 0 aromatic rings. The maximum Gasteiger partial charge on any atom is -0.00190 e. The standard InChI is InChI=1S/C12H24N2/c1-14-7-5-11(6-8-14)12(9-13)10-3-2-4-10/h10-12H,2-9,13H2,1H3. The molecule has 1 saturated carbocycles. The topological polar surface area (TPSA) is 29.3 Å². The molecule has 0 aromatic carbocycles. The van der Waals surface area contributed by atoms with Crippen molar-refractivity contribution in [2.24, 2.45) is 23.5 Å². The van der Waals surface area contributed by atoms with E-state index in [-0.39, 0.29) is 0 Å². The molecule has 0 bridgehead atoms. The summed E-state index contributed by atoms with van der Waals surface area (Å²) in [5.74, 6) is 2.76. The predicted octanol–water partition coefficient (Wildman–Crippen LogP) is 1.70. The first kappa shape index (κ1) is 10.4. The quantitative estimate of drug-likeness (QED) is 0.744. The molecule has 2 N–H and O–H groups in total. The van der Waals surface area contributed by atoms with Gasteiger partial charge in [-0.05, 0) is 57.3 Å². The Bertz CT molecular complexity index is 169. The third-order valence-electron chi connectivity index (χ3n) is 4.40. The molecule has 1 aliphatic heterocycles. The maximum absolute atomic E-state index is 5.94. The fourth-order valence-corrected chi connectivity index (χ4v) is 3.09. The lowest BCUT2D eigenvalue weighted by atomic mass is 9.68. The van der Waals surface area contributed by atoms with Gasteiger partial charge in [0, 0.05) is 0 Å². The van der Waals surface area contributed by atoms with Crippen LogP contribution in [0.3, 0.4) is 0 Å². The van der Waals surface area contributed by atoms with Gasteiger partial charge in [-0.3, -0.25) is 0 Å². The summed E-state index contributed by atoms with van der Waals surface area (Å²) in [7, 11) is 2.23. The Hall–Kier alpha value is -0.0800. The van der Waals surface area contributed by atoms with Crippen molar-refractivity contribution in [3.63, 3.8) is 0 Å². The zero-order valence-corrected chi connectivity index (χ0v) is 9.41. The van der Waals surface area contributed by atoms with E-state index in [9.17, 15) is 0 Å². The number of nitrogens with zero attached hydrogens (tertiary/aromatic N) is 1. The maximum atomic E-state index is 5.94. The highest BCUT2D eigenvalue weighted by Gasteiger charge is 2.33. The summed E-state index contributed by atoms with van der Waals surface area (Å²) in [6, 6.07) is 0. The monoisotopic (exact) mass is 196 g/mol. The Labute approximate surface area is 87.8 Å². The van der Waals surface area contributed by atoms with Crippen molar-refractivity contribution in [3.8, 4) is 0 Å². The van der Waals surface area contributed by atoms with Crippen molar-refractivity contribution in [2.45, 2.75) is 32.1 Å². The van der Waals surface area contributed by atoms with Crippen molar-refractivity contribution in [3.05, 3.63) is 0 Å². The fourth-order valence-electron chi connectivity index (χ4n) is 3.09. The minimum Gasteiger partial charge on any atom is -0.330 e. The van der Waals surface area contributed by atoms with Crippen LogP contribution in [-0.4, -0.2) is 31.6 Å². The van der Waals surface area contributed by atoms with E-state index >= 15 is 0 Å². The normalized spacial score (nSPS) is 28.7. The van der Waals surface area contributed by atoms with Crippen LogP contribution >= 0.6 is 0 Å². The highest BCUT2D eigenvalue weighted by Crippen LogP contribution is 2.39. The van der Waals surface area contributed by atoms with E-state index < -0.39 is 0 Å². The lowest BCUT2D eigenvalue weighted by Crippen LogP contribution is -2.40. The van der Waals surface area contributed by atoms with Crippen LogP contribution in [0.4, 0.5) is 0 Å². The molecular formula is C12H24N2. The lowest BCUT2D eigenvalue weighted by Gasteiger charge is -2.41. The Morgan fingerprint density at radius 2 is 1.71 bits per heavy atom. The number of piperidine rings is 1. The van der Waals surface area contributed by atoms with Gasteiger partial charge in [-0.25, -0.2) is 0 Å². The molecule has 1 unspecified atom stereocenters. The van der Waals surface area contributed by atoms with Crippen molar-refractivity contribution in [2.75, 3.05) is 26.7 Å². The Morgan fingerprint density at radius 1 is 1.14 bits per heavy atom. The van der Waals surface area contributed by atoms with E-state index in [2.05, 4.69) is 11.9 Å². The van der Waals surface area contributed by atoms with Gasteiger partial charge in [-0.2, -0.15) is 0 Å². The van der Waals surface area contributed by atoms with E-state index in [1.807, 2.05) is 0 Å². The number of nitrogens with two attached hydrogens (primary N) is 1. The molecule has 14 heavy (non-hydrogen) atoms. The molecule has 1 saturated heterocycles. The minimum atomic E-state index is 0.845. The molecule has 1 aliphatic carbocycles. The van der Waals surface area contributed by atoms with Gasteiger partial charge in [0.2, 0.25) is 0 Å². The minimum absolute atomic E-state index is 0.845. The third kappa shape index (κ3) is 2.12. The largest absolute Gasteiger partial charge is 0.330 e. The zero-order chi connectivity index (χ0) is 9.97. The predicted molar refractivity (Wildman–Crippen MR) is 60.1 cm³/mol. The summed E-state index contributed by atoms with van der Waals surface area (Å²) < 4.78 is 0. The van der Waals surface area contributed by atoms with Crippen LogP contribution in [0.15, 0.2) is 0 Å². The summed E-state index contributed by atoms with van der Waals surface area (Å²) in [5, 5.41) is 0. The van der Waals surface area contributed by atoms with Gasteiger partial charge in [-0.1, -0.05) is 19.3 Å². The van der Waals surface area contributed by atoms with Crippen molar-refractivity contribution in [1.29, 1.82) is 0 Å². The van der Waals surface area contributed by atoms with Crippen molar-refractivity contribution >= 4 is 0 Å². The number of rotatable bonds is 3. The number of hydrogen-bond acceptors (Lipinski definition) is 2. The van der Waals surface area contributed by atoms with Gasteiger partial charge in [-0.15, -0.1) is 0 Å². The Morgan fingerprint density at radius 3 is 2.14 bits per heavy atom. The molecule has 0 radical (unpaired) electrons. The Balaban J connectivity index is 1.84. The SMILES string of the molecule is CN1CCC(C(CN)C2CCC2)CC1. The lowest BCUT2D eigenvalue weighted by molar-refractivity contribution is 0.0980. The second-order valence-corrected chi connectivity index (χ2v) is 5.23. The second kappa shape index (κ2) is 4.63. The molecule has 2 rings (SSSR count). The van der Waals surface area contributed by atoms with Gasteiger partial charge in [0.1, 0.15) is 0 Å². The molecule has 2 nitrogen and oxygen atoms in total. The first-order valence-corrected chi connectivity index (χ1v) is 6.20. The first-order chi connectivity index (χ1) is 6.81. The average Bonchev–Trinajstić information content (AvgIpc) is 2.13. The first-order valence-electron chi connectivity index (χ1n) is 6.20.